The van der Waals surface area contributed by atoms with E-state index in [4.69, 9.17) is 17.3 Å². The van der Waals surface area contributed by atoms with E-state index in [1.165, 1.54) is 22.2 Å². The maximum Gasteiger partial charge on any atom is 0.258 e. The predicted molar refractivity (Wildman–Crippen MR) is 78.0 cm³/mol. The molecule has 0 saturated heterocycles. The van der Waals surface area contributed by atoms with Gasteiger partial charge in [-0.15, -0.1) is 11.3 Å². The Labute approximate surface area is 122 Å². The molecule has 7 nitrogen and oxygen atoms in total. The normalized spacial score (nSPS) is 10.9. The van der Waals surface area contributed by atoms with Crippen molar-refractivity contribution in [2.75, 3.05) is 11.1 Å². The number of carbonyl (C=O) groups is 1. The van der Waals surface area contributed by atoms with Crippen molar-refractivity contribution >= 4 is 50.7 Å². The van der Waals surface area contributed by atoms with Crippen LogP contribution in [0.1, 0.15) is 10.4 Å². The fourth-order valence-corrected chi connectivity index (χ4v) is 2.76. The fraction of sp³-hybridized carbons (Fsp3) is 0.0909. The number of thiophene rings is 1. The summed E-state index contributed by atoms with van der Waals surface area (Å²) in [6, 6.07) is 0. The Morgan fingerprint density at radius 2 is 2.35 bits per heavy atom. The van der Waals surface area contributed by atoms with E-state index >= 15 is 0 Å². The Hall–Kier alpha value is -2.19. The highest BCUT2D eigenvalue weighted by Gasteiger charge is 2.17. The minimum atomic E-state index is -0.328. The zero-order chi connectivity index (χ0) is 14.3. The van der Waals surface area contributed by atoms with Crippen molar-refractivity contribution in [1.29, 1.82) is 0 Å². The number of amides is 1. The molecule has 0 aromatic carbocycles. The summed E-state index contributed by atoms with van der Waals surface area (Å²) in [5.41, 5.74) is 6.92. The molecular weight excluding hydrogens is 300 g/mol. The maximum absolute atomic E-state index is 12.3. The molecule has 3 aromatic rings. The van der Waals surface area contributed by atoms with E-state index in [0.717, 1.165) is 0 Å². The van der Waals surface area contributed by atoms with Crippen molar-refractivity contribution < 1.29 is 4.79 Å². The molecule has 0 fully saturated rings. The number of anilines is 2. The first-order valence-electron chi connectivity index (χ1n) is 5.55. The number of hydrogen-bond acceptors (Lipinski definition) is 6. The molecule has 3 aromatic heterocycles. The number of hydrogen-bond donors (Lipinski definition) is 2. The number of aromatic nitrogens is 4. The number of nitrogens with one attached hydrogen (secondary N) is 1. The van der Waals surface area contributed by atoms with Crippen molar-refractivity contribution in [3.63, 3.8) is 0 Å². The monoisotopic (exact) mass is 308 g/mol. The zero-order valence-electron chi connectivity index (χ0n) is 10.3. The molecule has 0 aliphatic rings. The third-order valence-electron chi connectivity index (χ3n) is 2.58. The highest BCUT2D eigenvalue weighted by Crippen LogP contribution is 2.25. The van der Waals surface area contributed by atoms with E-state index in [1.807, 2.05) is 0 Å². The first-order chi connectivity index (χ1) is 9.54. The van der Waals surface area contributed by atoms with Crippen LogP contribution < -0.4 is 11.1 Å². The van der Waals surface area contributed by atoms with E-state index in [1.54, 1.807) is 18.6 Å². The highest BCUT2D eigenvalue weighted by atomic mass is 35.5. The molecule has 0 bridgehead atoms. The Balaban J connectivity index is 1.96. The SMILES string of the molecule is Cn1cc(NC(=O)c2csc3ncc(N)nc23)c(Cl)n1. The summed E-state index contributed by atoms with van der Waals surface area (Å²) >= 11 is 7.23. The smallest absolute Gasteiger partial charge is 0.258 e. The lowest BCUT2D eigenvalue weighted by Crippen LogP contribution is -2.11. The molecule has 0 radical (unpaired) electrons. The molecule has 3 heterocycles. The van der Waals surface area contributed by atoms with Gasteiger partial charge in [-0.1, -0.05) is 11.6 Å². The minimum Gasteiger partial charge on any atom is -0.382 e. The number of halogens is 1. The molecule has 3 N–H and O–H groups in total. The lowest BCUT2D eigenvalue weighted by Gasteiger charge is -2.01. The molecule has 20 heavy (non-hydrogen) atoms. The van der Waals surface area contributed by atoms with E-state index in [2.05, 4.69) is 20.4 Å². The zero-order valence-corrected chi connectivity index (χ0v) is 11.9. The van der Waals surface area contributed by atoms with Crippen molar-refractivity contribution in [3.05, 3.63) is 28.5 Å². The van der Waals surface area contributed by atoms with Crippen molar-refractivity contribution in [3.8, 4) is 0 Å². The Morgan fingerprint density at radius 1 is 1.55 bits per heavy atom. The predicted octanol–water partition coefficient (Wildman–Crippen LogP) is 1.91. The number of aryl methyl sites for hydroxylation is 1. The van der Waals surface area contributed by atoms with Gasteiger partial charge in [-0.2, -0.15) is 5.10 Å². The van der Waals surface area contributed by atoms with Crippen LogP contribution in [0.3, 0.4) is 0 Å². The summed E-state index contributed by atoms with van der Waals surface area (Å²) in [5, 5.41) is 8.54. The van der Waals surface area contributed by atoms with Crippen LogP contribution in [0.15, 0.2) is 17.8 Å². The standard InChI is InChI=1S/C11H9ClN6OS/c1-18-3-6(9(12)17-18)15-10(19)5-4-20-11-8(5)16-7(13)2-14-11/h2-4H,1H3,(H2,13,16)(H,15,19). The first-order valence-corrected chi connectivity index (χ1v) is 6.80. The Bertz CT molecular complexity index is 810. The highest BCUT2D eigenvalue weighted by molar-refractivity contribution is 7.17. The van der Waals surface area contributed by atoms with E-state index in [0.29, 0.717) is 21.6 Å². The molecule has 0 saturated carbocycles. The molecule has 0 atom stereocenters. The number of nitrogen functional groups attached to an aromatic ring is 1. The van der Waals surface area contributed by atoms with Crippen LogP contribution in [0.4, 0.5) is 11.5 Å². The third kappa shape index (κ3) is 2.19. The van der Waals surface area contributed by atoms with Crippen LogP contribution in [0, 0.1) is 0 Å². The largest absolute Gasteiger partial charge is 0.382 e. The summed E-state index contributed by atoms with van der Waals surface area (Å²) in [6.45, 7) is 0. The molecule has 0 aliphatic carbocycles. The molecule has 102 valence electrons. The minimum absolute atomic E-state index is 0.228. The van der Waals surface area contributed by atoms with Crippen LogP contribution in [0.25, 0.3) is 10.3 Å². The second-order valence-corrected chi connectivity index (χ2v) is 5.28. The van der Waals surface area contributed by atoms with Gasteiger partial charge in [0.2, 0.25) is 0 Å². The molecule has 0 spiro atoms. The summed E-state index contributed by atoms with van der Waals surface area (Å²) < 4.78 is 1.52. The molecule has 0 unspecified atom stereocenters. The molecule has 0 aliphatic heterocycles. The van der Waals surface area contributed by atoms with Gasteiger partial charge in [0.1, 0.15) is 16.2 Å². The van der Waals surface area contributed by atoms with Gasteiger partial charge in [0.05, 0.1) is 17.4 Å². The topological polar surface area (TPSA) is 98.7 Å². The summed E-state index contributed by atoms with van der Waals surface area (Å²) in [6.07, 6.45) is 3.08. The summed E-state index contributed by atoms with van der Waals surface area (Å²) in [5.74, 6) is -0.0598. The average Bonchev–Trinajstić information content (AvgIpc) is 2.93. The first kappa shape index (κ1) is 12.8. The van der Waals surface area contributed by atoms with Gasteiger partial charge in [0.15, 0.2) is 5.15 Å². The van der Waals surface area contributed by atoms with Crippen molar-refractivity contribution in [1.82, 2.24) is 19.7 Å². The second-order valence-electron chi connectivity index (χ2n) is 4.06. The van der Waals surface area contributed by atoms with Gasteiger partial charge in [-0.3, -0.25) is 9.48 Å². The summed E-state index contributed by atoms with van der Waals surface area (Å²) in [7, 11) is 1.72. The fourth-order valence-electron chi connectivity index (χ4n) is 1.72. The van der Waals surface area contributed by atoms with Crippen LogP contribution in [0.5, 0.6) is 0 Å². The lowest BCUT2D eigenvalue weighted by atomic mass is 10.3. The van der Waals surface area contributed by atoms with Gasteiger partial charge in [-0.05, 0) is 0 Å². The van der Waals surface area contributed by atoms with Crippen LogP contribution >= 0.6 is 22.9 Å². The third-order valence-corrected chi connectivity index (χ3v) is 3.73. The van der Waals surface area contributed by atoms with E-state index in [-0.39, 0.29) is 16.9 Å². The number of rotatable bonds is 2. The summed E-state index contributed by atoms with van der Waals surface area (Å²) in [4.78, 5) is 21.2. The number of nitrogens with two attached hydrogens (primary N) is 1. The maximum atomic E-state index is 12.3. The number of nitrogens with zero attached hydrogens (tertiary/aromatic N) is 4. The molecule has 3 rings (SSSR count). The van der Waals surface area contributed by atoms with Crippen LogP contribution in [-0.2, 0) is 7.05 Å². The second kappa shape index (κ2) is 4.73. The van der Waals surface area contributed by atoms with Gasteiger partial charge in [0.25, 0.3) is 5.91 Å². The van der Waals surface area contributed by atoms with Gasteiger partial charge >= 0.3 is 0 Å². The number of fused-ring (bicyclic) bond motifs is 1. The quantitative estimate of drug-likeness (QED) is 0.753. The van der Waals surface area contributed by atoms with Gasteiger partial charge < -0.3 is 11.1 Å². The van der Waals surface area contributed by atoms with E-state index in [9.17, 15) is 4.79 Å². The molecular formula is C11H9ClN6OS. The molecule has 1 amide bonds. The van der Waals surface area contributed by atoms with Crippen molar-refractivity contribution in [2.45, 2.75) is 0 Å². The van der Waals surface area contributed by atoms with Gasteiger partial charge in [0, 0.05) is 18.6 Å². The number of carbonyl (C=O) groups excluding carboxylic acids is 1. The molecule has 9 heteroatoms. The average molecular weight is 309 g/mol. The van der Waals surface area contributed by atoms with Crippen LogP contribution in [-0.4, -0.2) is 25.7 Å². The Morgan fingerprint density at radius 3 is 3.05 bits per heavy atom. The Kier molecular flexibility index (Phi) is 3.03. The lowest BCUT2D eigenvalue weighted by molar-refractivity contribution is 0.102. The van der Waals surface area contributed by atoms with Crippen molar-refractivity contribution in [2.24, 2.45) is 7.05 Å². The van der Waals surface area contributed by atoms with Crippen LogP contribution in [0.2, 0.25) is 5.15 Å². The van der Waals surface area contributed by atoms with E-state index < -0.39 is 0 Å². The van der Waals surface area contributed by atoms with Gasteiger partial charge in [-0.25, -0.2) is 9.97 Å².